The number of benzene rings is 1. The molecule has 1 heterocycles. The van der Waals surface area contributed by atoms with Gasteiger partial charge in [-0.2, -0.15) is 0 Å². The standard InChI is InChI=1S/C14H14FN3O2/c1-8-3-4-9(7-17-8)18-13-5-10(14(19)20-2)12(16)6-11(13)15/h3-7,18H,16H2,1-2H3. The summed E-state index contributed by atoms with van der Waals surface area (Å²) in [5, 5.41) is 2.85. The average Bonchev–Trinajstić information content (AvgIpc) is 2.43. The van der Waals surface area contributed by atoms with Gasteiger partial charge >= 0.3 is 5.97 Å². The summed E-state index contributed by atoms with van der Waals surface area (Å²) in [5.74, 6) is -1.18. The zero-order valence-electron chi connectivity index (χ0n) is 11.1. The first-order chi connectivity index (χ1) is 9.51. The number of methoxy groups -OCH3 is 1. The van der Waals surface area contributed by atoms with Gasteiger partial charge in [-0.1, -0.05) is 0 Å². The van der Waals surface area contributed by atoms with Crippen LogP contribution >= 0.6 is 0 Å². The van der Waals surface area contributed by atoms with Crippen molar-refractivity contribution in [2.24, 2.45) is 0 Å². The Kier molecular flexibility index (Phi) is 3.84. The molecule has 0 aliphatic carbocycles. The van der Waals surface area contributed by atoms with Crippen LogP contribution in [-0.2, 0) is 4.74 Å². The third-order valence-electron chi connectivity index (χ3n) is 2.73. The van der Waals surface area contributed by atoms with Crippen molar-refractivity contribution < 1.29 is 13.9 Å². The minimum atomic E-state index is -0.618. The van der Waals surface area contributed by atoms with Gasteiger partial charge in [0, 0.05) is 11.4 Å². The van der Waals surface area contributed by atoms with Crippen molar-refractivity contribution in [3.05, 3.63) is 47.5 Å². The van der Waals surface area contributed by atoms with E-state index in [1.54, 1.807) is 18.3 Å². The molecule has 1 aromatic heterocycles. The van der Waals surface area contributed by atoms with Gasteiger partial charge in [0.25, 0.3) is 0 Å². The van der Waals surface area contributed by atoms with Crippen molar-refractivity contribution >= 4 is 23.0 Å². The number of hydrogen-bond donors (Lipinski definition) is 2. The maximum absolute atomic E-state index is 13.8. The van der Waals surface area contributed by atoms with Gasteiger partial charge in [0.05, 0.1) is 30.2 Å². The second-order valence-corrected chi connectivity index (χ2v) is 4.22. The molecule has 104 valence electrons. The van der Waals surface area contributed by atoms with Gasteiger partial charge in [-0.05, 0) is 31.2 Å². The summed E-state index contributed by atoms with van der Waals surface area (Å²) in [5.41, 5.74) is 7.32. The van der Waals surface area contributed by atoms with E-state index in [-0.39, 0.29) is 16.9 Å². The molecule has 0 unspecified atom stereocenters. The summed E-state index contributed by atoms with van der Waals surface area (Å²) in [7, 11) is 1.24. The molecule has 0 fully saturated rings. The SMILES string of the molecule is COC(=O)c1cc(Nc2ccc(C)nc2)c(F)cc1N. The minimum Gasteiger partial charge on any atom is -0.465 e. The summed E-state index contributed by atoms with van der Waals surface area (Å²) in [4.78, 5) is 15.6. The Morgan fingerprint density at radius 2 is 2.15 bits per heavy atom. The maximum Gasteiger partial charge on any atom is 0.340 e. The van der Waals surface area contributed by atoms with Crippen LogP contribution < -0.4 is 11.1 Å². The Morgan fingerprint density at radius 3 is 2.75 bits per heavy atom. The second kappa shape index (κ2) is 5.56. The number of rotatable bonds is 3. The van der Waals surface area contributed by atoms with Crippen LogP contribution in [0.4, 0.5) is 21.5 Å². The lowest BCUT2D eigenvalue weighted by Gasteiger charge is -2.11. The number of anilines is 3. The van der Waals surface area contributed by atoms with Crippen LogP contribution in [0.15, 0.2) is 30.5 Å². The van der Waals surface area contributed by atoms with Crippen molar-refractivity contribution in [2.45, 2.75) is 6.92 Å². The average molecular weight is 275 g/mol. The predicted molar refractivity (Wildman–Crippen MR) is 74.4 cm³/mol. The number of aryl methyl sites for hydroxylation is 1. The van der Waals surface area contributed by atoms with E-state index >= 15 is 0 Å². The Labute approximate surface area is 115 Å². The topological polar surface area (TPSA) is 77.2 Å². The molecule has 0 bridgehead atoms. The van der Waals surface area contributed by atoms with Gasteiger partial charge in [-0.15, -0.1) is 0 Å². The molecule has 0 spiro atoms. The molecule has 6 heteroatoms. The summed E-state index contributed by atoms with van der Waals surface area (Å²) in [6, 6.07) is 5.95. The van der Waals surface area contributed by atoms with E-state index in [2.05, 4.69) is 15.0 Å². The molecular weight excluding hydrogens is 261 g/mol. The molecule has 0 atom stereocenters. The smallest absolute Gasteiger partial charge is 0.340 e. The highest BCUT2D eigenvalue weighted by Crippen LogP contribution is 2.25. The first-order valence-electron chi connectivity index (χ1n) is 5.88. The molecule has 0 saturated carbocycles. The highest BCUT2D eigenvalue weighted by Gasteiger charge is 2.14. The number of nitrogen functional groups attached to an aromatic ring is 1. The van der Waals surface area contributed by atoms with Crippen LogP contribution in [0.5, 0.6) is 0 Å². The fraction of sp³-hybridized carbons (Fsp3) is 0.143. The number of hydrogen-bond acceptors (Lipinski definition) is 5. The number of aromatic nitrogens is 1. The van der Waals surface area contributed by atoms with E-state index < -0.39 is 11.8 Å². The summed E-state index contributed by atoms with van der Waals surface area (Å²) in [6.07, 6.45) is 1.57. The number of esters is 1. The normalized spacial score (nSPS) is 10.2. The Balaban J connectivity index is 2.36. The molecule has 3 N–H and O–H groups in total. The second-order valence-electron chi connectivity index (χ2n) is 4.22. The van der Waals surface area contributed by atoms with Crippen molar-refractivity contribution in [1.29, 1.82) is 0 Å². The molecular formula is C14H14FN3O2. The number of nitrogens with zero attached hydrogens (tertiary/aromatic N) is 1. The number of carbonyl (C=O) groups excluding carboxylic acids is 1. The van der Waals surface area contributed by atoms with Crippen LogP contribution in [0.25, 0.3) is 0 Å². The van der Waals surface area contributed by atoms with E-state index in [1.807, 2.05) is 6.92 Å². The number of nitrogens with two attached hydrogens (primary N) is 1. The lowest BCUT2D eigenvalue weighted by molar-refractivity contribution is 0.0602. The summed E-state index contributed by atoms with van der Waals surface area (Å²) < 4.78 is 18.4. The Morgan fingerprint density at radius 1 is 1.40 bits per heavy atom. The lowest BCUT2D eigenvalue weighted by atomic mass is 10.1. The third-order valence-corrected chi connectivity index (χ3v) is 2.73. The van der Waals surface area contributed by atoms with Gasteiger partial charge < -0.3 is 15.8 Å². The van der Waals surface area contributed by atoms with Crippen molar-refractivity contribution in [1.82, 2.24) is 4.98 Å². The summed E-state index contributed by atoms with van der Waals surface area (Å²) in [6.45, 7) is 1.85. The van der Waals surface area contributed by atoms with E-state index in [1.165, 1.54) is 13.2 Å². The van der Waals surface area contributed by atoms with Gasteiger partial charge in [0.15, 0.2) is 0 Å². The van der Waals surface area contributed by atoms with Crippen molar-refractivity contribution in [2.75, 3.05) is 18.2 Å². The molecule has 2 aromatic rings. The van der Waals surface area contributed by atoms with Crippen LogP contribution in [0.3, 0.4) is 0 Å². The van der Waals surface area contributed by atoms with Crippen LogP contribution in [0, 0.1) is 12.7 Å². The van der Waals surface area contributed by atoms with Crippen LogP contribution in [0.1, 0.15) is 16.1 Å². The number of nitrogens with one attached hydrogen (secondary N) is 1. The third kappa shape index (κ3) is 2.85. The monoisotopic (exact) mass is 275 g/mol. The zero-order valence-corrected chi connectivity index (χ0v) is 11.1. The number of ether oxygens (including phenoxy) is 1. The molecule has 0 amide bonds. The van der Waals surface area contributed by atoms with Crippen LogP contribution in [-0.4, -0.2) is 18.1 Å². The molecule has 20 heavy (non-hydrogen) atoms. The van der Waals surface area contributed by atoms with Crippen molar-refractivity contribution in [3.63, 3.8) is 0 Å². The number of carbonyl (C=O) groups is 1. The molecule has 0 aliphatic heterocycles. The molecule has 2 rings (SSSR count). The Hall–Kier alpha value is -2.63. The number of halogens is 1. The predicted octanol–water partition coefficient (Wildman–Crippen LogP) is 2.64. The van der Waals surface area contributed by atoms with Gasteiger partial charge in [-0.3, -0.25) is 4.98 Å². The van der Waals surface area contributed by atoms with Crippen molar-refractivity contribution in [3.8, 4) is 0 Å². The van der Waals surface area contributed by atoms with Crippen LogP contribution in [0.2, 0.25) is 0 Å². The molecule has 0 radical (unpaired) electrons. The van der Waals surface area contributed by atoms with E-state index in [4.69, 9.17) is 5.73 Å². The van der Waals surface area contributed by atoms with Gasteiger partial charge in [0.1, 0.15) is 5.82 Å². The maximum atomic E-state index is 13.8. The lowest BCUT2D eigenvalue weighted by Crippen LogP contribution is -2.07. The quantitative estimate of drug-likeness (QED) is 0.665. The molecule has 1 aromatic carbocycles. The number of pyridine rings is 1. The minimum absolute atomic E-state index is 0.0296. The largest absolute Gasteiger partial charge is 0.465 e. The zero-order chi connectivity index (χ0) is 14.7. The molecule has 0 aliphatic rings. The molecule has 5 nitrogen and oxygen atoms in total. The highest BCUT2D eigenvalue weighted by atomic mass is 19.1. The van der Waals surface area contributed by atoms with Gasteiger partial charge in [0.2, 0.25) is 0 Å². The van der Waals surface area contributed by atoms with E-state index in [0.717, 1.165) is 11.8 Å². The fourth-order valence-corrected chi connectivity index (χ4v) is 1.67. The Bertz CT molecular complexity index is 642. The van der Waals surface area contributed by atoms with E-state index in [0.29, 0.717) is 5.69 Å². The first-order valence-corrected chi connectivity index (χ1v) is 5.88. The van der Waals surface area contributed by atoms with E-state index in [9.17, 15) is 9.18 Å². The first kappa shape index (κ1) is 13.8. The van der Waals surface area contributed by atoms with Gasteiger partial charge in [-0.25, -0.2) is 9.18 Å². The summed E-state index contributed by atoms with van der Waals surface area (Å²) >= 11 is 0. The highest BCUT2D eigenvalue weighted by molar-refractivity contribution is 5.96. The fourth-order valence-electron chi connectivity index (χ4n) is 1.67. The molecule has 0 saturated heterocycles.